The number of thiazole rings is 1. The third-order valence-corrected chi connectivity index (χ3v) is 5.68. The molecule has 0 atom stereocenters. The van der Waals surface area contributed by atoms with Gasteiger partial charge in [-0.2, -0.15) is 0 Å². The van der Waals surface area contributed by atoms with Crippen LogP contribution >= 0.6 is 11.3 Å². The fourth-order valence-electron chi connectivity index (χ4n) is 3.24. The Morgan fingerprint density at radius 2 is 1.93 bits per heavy atom. The highest BCUT2D eigenvalue weighted by atomic mass is 32.1. The van der Waals surface area contributed by atoms with E-state index >= 15 is 0 Å². The van der Waals surface area contributed by atoms with Crippen LogP contribution in [0.5, 0.6) is 5.75 Å². The second kappa shape index (κ2) is 7.60. The molecule has 4 aromatic rings. The van der Waals surface area contributed by atoms with E-state index in [2.05, 4.69) is 11.9 Å². The van der Waals surface area contributed by atoms with Crippen molar-refractivity contribution in [3.05, 3.63) is 80.6 Å². The Morgan fingerprint density at radius 1 is 1.14 bits per heavy atom. The van der Waals surface area contributed by atoms with Gasteiger partial charge in [0.1, 0.15) is 28.7 Å². The molecule has 0 radical (unpaired) electrons. The summed E-state index contributed by atoms with van der Waals surface area (Å²) in [7, 11) is 0. The molecule has 4 rings (SSSR count). The summed E-state index contributed by atoms with van der Waals surface area (Å²) >= 11 is 1.46. The maximum Gasteiger partial charge on any atom is 0.203 e. The van der Waals surface area contributed by atoms with Crippen molar-refractivity contribution >= 4 is 22.3 Å². The summed E-state index contributed by atoms with van der Waals surface area (Å²) in [6.07, 6.45) is 0.763. The largest absolute Gasteiger partial charge is 0.488 e. The molecule has 0 fully saturated rings. The predicted molar refractivity (Wildman–Crippen MR) is 113 cm³/mol. The van der Waals surface area contributed by atoms with Gasteiger partial charge in [-0.05, 0) is 37.5 Å². The lowest BCUT2D eigenvalue weighted by Gasteiger charge is -2.13. The minimum Gasteiger partial charge on any atom is -0.488 e. The fourth-order valence-corrected chi connectivity index (χ4v) is 4.13. The molecule has 0 bridgehead atoms. The Bertz CT molecular complexity index is 1190. The van der Waals surface area contributed by atoms with Crippen molar-refractivity contribution in [2.45, 2.75) is 33.8 Å². The Balaban J connectivity index is 1.79. The van der Waals surface area contributed by atoms with Crippen molar-refractivity contribution < 1.29 is 9.15 Å². The molecule has 0 saturated carbocycles. The topological polar surface area (TPSA) is 52.3 Å². The van der Waals surface area contributed by atoms with E-state index < -0.39 is 0 Å². The molecule has 0 spiro atoms. The second-order valence-corrected chi connectivity index (χ2v) is 7.60. The Labute approximate surface area is 167 Å². The molecule has 28 heavy (non-hydrogen) atoms. The van der Waals surface area contributed by atoms with Gasteiger partial charge >= 0.3 is 0 Å². The first-order chi connectivity index (χ1) is 13.6. The van der Waals surface area contributed by atoms with Crippen LogP contribution in [0, 0.1) is 13.8 Å². The van der Waals surface area contributed by atoms with Gasteiger partial charge in [0.2, 0.25) is 5.43 Å². The van der Waals surface area contributed by atoms with Crippen LogP contribution < -0.4 is 10.2 Å². The third-order valence-electron chi connectivity index (χ3n) is 4.70. The van der Waals surface area contributed by atoms with E-state index in [9.17, 15) is 4.79 Å². The summed E-state index contributed by atoms with van der Waals surface area (Å²) in [5, 5.41) is 3.21. The van der Waals surface area contributed by atoms with E-state index in [4.69, 9.17) is 9.15 Å². The summed E-state index contributed by atoms with van der Waals surface area (Å²) in [6, 6.07) is 13.7. The first-order valence-corrected chi connectivity index (χ1v) is 10.1. The standard InChI is InChI=1S/C23H21NO3S/c1-4-17-10-18-20(11-19(17)26-12-16-8-6-5-7-9-16)27-15(3)21(22(18)25)23-24-14(2)13-28-23/h5-11,13H,4,12H2,1-3H3. The molecule has 142 valence electrons. The van der Waals surface area contributed by atoms with E-state index in [0.717, 1.165) is 29.0 Å². The molecule has 2 aromatic carbocycles. The normalized spacial score (nSPS) is 11.1. The Morgan fingerprint density at radius 3 is 2.61 bits per heavy atom. The van der Waals surface area contributed by atoms with Gasteiger partial charge in [0.15, 0.2) is 0 Å². The summed E-state index contributed by atoms with van der Waals surface area (Å²) < 4.78 is 12.1. The molecule has 2 heterocycles. The lowest BCUT2D eigenvalue weighted by molar-refractivity contribution is 0.303. The maximum absolute atomic E-state index is 13.2. The zero-order chi connectivity index (χ0) is 19.7. The average molecular weight is 391 g/mol. The maximum atomic E-state index is 13.2. The van der Waals surface area contributed by atoms with E-state index in [0.29, 0.717) is 33.9 Å². The zero-order valence-corrected chi connectivity index (χ0v) is 16.9. The molecule has 0 N–H and O–H groups in total. The number of rotatable bonds is 5. The molecule has 0 aliphatic heterocycles. The molecule has 0 aliphatic carbocycles. The zero-order valence-electron chi connectivity index (χ0n) is 16.1. The van der Waals surface area contributed by atoms with Gasteiger partial charge in [-0.1, -0.05) is 37.3 Å². The van der Waals surface area contributed by atoms with Crippen molar-refractivity contribution in [3.8, 4) is 16.3 Å². The van der Waals surface area contributed by atoms with Crippen LogP contribution in [0.3, 0.4) is 0 Å². The number of nitrogens with zero attached hydrogens (tertiary/aromatic N) is 1. The number of hydrogen-bond acceptors (Lipinski definition) is 5. The van der Waals surface area contributed by atoms with Crippen molar-refractivity contribution in [1.82, 2.24) is 4.98 Å². The highest BCUT2D eigenvalue weighted by Crippen LogP contribution is 2.31. The van der Waals surface area contributed by atoms with Crippen LogP contribution in [0.4, 0.5) is 0 Å². The van der Waals surface area contributed by atoms with Crippen molar-refractivity contribution in [2.75, 3.05) is 0 Å². The van der Waals surface area contributed by atoms with Gasteiger partial charge in [0, 0.05) is 17.1 Å². The SMILES string of the molecule is CCc1cc2c(=O)c(-c3nc(C)cs3)c(C)oc2cc1OCc1ccccc1. The second-order valence-electron chi connectivity index (χ2n) is 6.74. The van der Waals surface area contributed by atoms with E-state index in [1.807, 2.05) is 61.7 Å². The predicted octanol–water partition coefficient (Wildman–Crippen LogP) is 5.67. The van der Waals surface area contributed by atoms with Gasteiger partial charge < -0.3 is 9.15 Å². The van der Waals surface area contributed by atoms with Gasteiger partial charge in [-0.15, -0.1) is 11.3 Å². The fraction of sp³-hybridized carbons (Fsp3) is 0.217. The van der Waals surface area contributed by atoms with Crippen LogP contribution in [0.25, 0.3) is 21.5 Å². The molecule has 5 heteroatoms. The molecule has 0 amide bonds. The summed E-state index contributed by atoms with van der Waals surface area (Å²) in [4.78, 5) is 17.7. The minimum atomic E-state index is -0.0441. The number of aryl methyl sites for hydroxylation is 3. The summed E-state index contributed by atoms with van der Waals surface area (Å²) in [5.41, 5.74) is 4.03. The summed E-state index contributed by atoms with van der Waals surface area (Å²) in [5.74, 6) is 1.32. The number of aromatic nitrogens is 1. The smallest absolute Gasteiger partial charge is 0.203 e. The molecule has 0 aliphatic rings. The van der Waals surface area contributed by atoms with Crippen LogP contribution in [0.2, 0.25) is 0 Å². The third kappa shape index (κ3) is 3.45. The number of benzene rings is 2. The average Bonchev–Trinajstić information content (AvgIpc) is 3.12. The highest BCUT2D eigenvalue weighted by molar-refractivity contribution is 7.13. The molecule has 0 saturated heterocycles. The molecule has 4 nitrogen and oxygen atoms in total. The van der Waals surface area contributed by atoms with Crippen LogP contribution in [0.15, 0.2) is 57.1 Å². The molecule has 0 unspecified atom stereocenters. The van der Waals surface area contributed by atoms with E-state index in [-0.39, 0.29) is 5.43 Å². The number of fused-ring (bicyclic) bond motifs is 1. The monoisotopic (exact) mass is 391 g/mol. The van der Waals surface area contributed by atoms with Gasteiger partial charge in [0.25, 0.3) is 0 Å². The molecular formula is C23H21NO3S. The van der Waals surface area contributed by atoms with Crippen molar-refractivity contribution in [3.63, 3.8) is 0 Å². The first-order valence-electron chi connectivity index (χ1n) is 9.26. The Hall–Kier alpha value is -2.92. The minimum absolute atomic E-state index is 0.0441. The number of ether oxygens (including phenoxy) is 1. The number of hydrogen-bond donors (Lipinski definition) is 0. The van der Waals surface area contributed by atoms with Gasteiger partial charge in [-0.3, -0.25) is 4.79 Å². The lowest BCUT2D eigenvalue weighted by atomic mass is 10.1. The lowest BCUT2D eigenvalue weighted by Crippen LogP contribution is -2.08. The van der Waals surface area contributed by atoms with Crippen LogP contribution in [-0.2, 0) is 13.0 Å². The van der Waals surface area contributed by atoms with E-state index in [1.54, 1.807) is 0 Å². The van der Waals surface area contributed by atoms with Gasteiger partial charge in [-0.25, -0.2) is 4.98 Å². The van der Waals surface area contributed by atoms with Crippen molar-refractivity contribution in [2.24, 2.45) is 0 Å². The molecule has 2 aromatic heterocycles. The van der Waals surface area contributed by atoms with Crippen molar-refractivity contribution in [1.29, 1.82) is 0 Å². The van der Waals surface area contributed by atoms with Crippen LogP contribution in [0.1, 0.15) is 29.5 Å². The highest BCUT2D eigenvalue weighted by Gasteiger charge is 2.18. The quantitative estimate of drug-likeness (QED) is 0.439. The van der Waals surface area contributed by atoms with Crippen LogP contribution in [-0.4, -0.2) is 4.98 Å². The summed E-state index contributed by atoms with van der Waals surface area (Å²) in [6.45, 7) is 6.26. The first kappa shape index (κ1) is 18.4. The van der Waals surface area contributed by atoms with Gasteiger partial charge in [0.05, 0.1) is 10.9 Å². The Kier molecular flexibility index (Phi) is 5.01. The van der Waals surface area contributed by atoms with E-state index in [1.165, 1.54) is 11.3 Å². The molecular weight excluding hydrogens is 370 g/mol.